The zero-order valence-electron chi connectivity index (χ0n) is 15.2. The van der Waals surface area contributed by atoms with Crippen molar-refractivity contribution < 1.29 is 19.4 Å². The largest absolute Gasteiger partial charge is 0.545 e. The molecule has 0 bridgehead atoms. The van der Waals surface area contributed by atoms with E-state index in [1.165, 1.54) is 29.9 Å². The summed E-state index contributed by atoms with van der Waals surface area (Å²) in [5.74, 6) is -1.79. The highest BCUT2D eigenvalue weighted by Crippen LogP contribution is 2.16. The SMILES string of the molecule is COCc1cc(C)n(CC(=O)Nc2ccc(C(=O)[O-])cc2C)c(=O)c1C#N. The second-order valence-electron chi connectivity index (χ2n) is 5.99. The van der Waals surface area contributed by atoms with Crippen LogP contribution in [0.5, 0.6) is 0 Å². The number of nitrogens with one attached hydrogen (secondary N) is 1. The molecule has 0 aliphatic rings. The number of ether oxygens (including phenoxy) is 1. The number of carbonyl (C=O) groups excluding carboxylic acids is 2. The third-order valence-electron chi connectivity index (χ3n) is 4.04. The lowest BCUT2D eigenvalue weighted by Crippen LogP contribution is -2.31. The molecule has 0 saturated heterocycles. The Morgan fingerprint density at radius 3 is 2.56 bits per heavy atom. The fourth-order valence-corrected chi connectivity index (χ4v) is 2.68. The van der Waals surface area contributed by atoms with Gasteiger partial charge in [-0.1, -0.05) is 6.07 Å². The number of aromatic carboxylic acids is 1. The highest BCUT2D eigenvalue weighted by Gasteiger charge is 2.15. The van der Waals surface area contributed by atoms with Crippen LogP contribution in [-0.2, 0) is 22.7 Å². The van der Waals surface area contributed by atoms with E-state index in [2.05, 4.69) is 5.32 Å². The van der Waals surface area contributed by atoms with Gasteiger partial charge < -0.3 is 24.5 Å². The van der Waals surface area contributed by atoms with Crippen LogP contribution in [0, 0.1) is 25.2 Å². The van der Waals surface area contributed by atoms with Crippen LogP contribution < -0.4 is 16.0 Å². The first-order chi connectivity index (χ1) is 12.8. The molecule has 0 saturated carbocycles. The van der Waals surface area contributed by atoms with Crippen LogP contribution >= 0.6 is 0 Å². The van der Waals surface area contributed by atoms with Gasteiger partial charge in [-0.25, -0.2) is 0 Å². The normalized spacial score (nSPS) is 10.3. The van der Waals surface area contributed by atoms with Gasteiger partial charge >= 0.3 is 0 Å². The van der Waals surface area contributed by atoms with Crippen LogP contribution in [0.1, 0.15) is 32.7 Å². The predicted molar refractivity (Wildman–Crippen MR) is 95.0 cm³/mol. The molecule has 140 valence electrons. The molecule has 0 atom stereocenters. The maximum Gasteiger partial charge on any atom is 0.269 e. The number of nitriles is 1. The van der Waals surface area contributed by atoms with Gasteiger partial charge in [0.1, 0.15) is 18.2 Å². The molecule has 0 spiro atoms. The summed E-state index contributed by atoms with van der Waals surface area (Å²) in [6, 6.07) is 7.66. The average Bonchev–Trinajstić information content (AvgIpc) is 2.60. The molecule has 8 nitrogen and oxygen atoms in total. The quantitative estimate of drug-likeness (QED) is 0.791. The van der Waals surface area contributed by atoms with Gasteiger partial charge in [0.2, 0.25) is 5.91 Å². The molecule has 0 radical (unpaired) electrons. The smallest absolute Gasteiger partial charge is 0.269 e. The minimum atomic E-state index is -1.31. The minimum absolute atomic E-state index is 0.00459. The number of carboxylic acids is 1. The lowest BCUT2D eigenvalue weighted by atomic mass is 10.1. The molecule has 27 heavy (non-hydrogen) atoms. The van der Waals surface area contributed by atoms with Gasteiger partial charge in [-0.3, -0.25) is 9.59 Å². The first-order valence-electron chi connectivity index (χ1n) is 8.02. The molecular weight excluding hydrogens is 350 g/mol. The Labute approximate surface area is 155 Å². The number of nitrogens with zero attached hydrogens (tertiary/aromatic N) is 2. The Morgan fingerprint density at radius 1 is 1.30 bits per heavy atom. The first kappa shape index (κ1) is 19.9. The molecule has 8 heteroatoms. The molecular formula is C19H18N3O5-. The summed E-state index contributed by atoms with van der Waals surface area (Å²) >= 11 is 0. The number of carbonyl (C=O) groups is 2. The van der Waals surface area contributed by atoms with Crippen molar-refractivity contribution >= 4 is 17.6 Å². The molecule has 0 aliphatic heterocycles. The van der Waals surface area contributed by atoms with E-state index in [0.29, 0.717) is 22.5 Å². The van der Waals surface area contributed by atoms with Gasteiger partial charge in [0, 0.05) is 24.1 Å². The van der Waals surface area contributed by atoms with Crippen molar-refractivity contribution in [1.29, 1.82) is 5.26 Å². The zero-order valence-corrected chi connectivity index (χ0v) is 15.2. The Bertz CT molecular complexity index is 1000. The van der Waals surface area contributed by atoms with E-state index in [4.69, 9.17) is 4.74 Å². The standard InChI is InChI=1S/C19H19N3O5/c1-11-6-13(19(25)26)4-5-16(11)21-17(23)9-22-12(2)7-14(10-27-3)15(8-20)18(22)24/h4-7H,9-10H2,1-3H3,(H,21,23)(H,25,26)/p-1. The van der Waals surface area contributed by atoms with Crippen LogP contribution in [0.25, 0.3) is 0 Å². The Balaban J connectivity index is 2.27. The van der Waals surface area contributed by atoms with Gasteiger partial charge in [0.25, 0.3) is 5.56 Å². The molecule has 0 unspecified atom stereocenters. The molecule has 1 heterocycles. The summed E-state index contributed by atoms with van der Waals surface area (Å²) in [7, 11) is 1.46. The van der Waals surface area contributed by atoms with E-state index in [9.17, 15) is 24.8 Å². The summed E-state index contributed by atoms with van der Waals surface area (Å²) in [6.07, 6.45) is 0. The summed E-state index contributed by atoms with van der Waals surface area (Å²) in [4.78, 5) is 35.7. The third kappa shape index (κ3) is 4.40. The average molecular weight is 368 g/mol. The summed E-state index contributed by atoms with van der Waals surface area (Å²) in [5.41, 5.74) is 1.32. The molecule has 1 aromatic heterocycles. The van der Waals surface area contributed by atoms with Crippen LogP contribution in [-0.4, -0.2) is 23.6 Å². The lowest BCUT2D eigenvalue weighted by molar-refractivity contribution is -0.255. The molecule has 2 aromatic rings. The molecule has 1 amide bonds. The third-order valence-corrected chi connectivity index (χ3v) is 4.04. The van der Waals surface area contributed by atoms with Crippen LogP contribution in [0.3, 0.4) is 0 Å². The van der Waals surface area contributed by atoms with Crippen molar-refractivity contribution in [3.8, 4) is 6.07 Å². The molecule has 0 aliphatic carbocycles. The van der Waals surface area contributed by atoms with E-state index < -0.39 is 17.4 Å². The van der Waals surface area contributed by atoms with E-state index >= 15 is 0 Å². The zero-order chi connectivity index (χ0) is 20.1. The second kappa shape index (κ2) is 8.29. The summed E-state index contributed by atoms with van der Waals surface area (Å²) in [5, 5.41) is 22.7. The van der Waals surface area contributed by atoms with Gasteiger partial charge in [-0.2, -0.15) is 5.26 Å². The second-order valence-corrected chi connectivity index (χ2v) is 5.99. The van der Waals surface area contributed by atoms with Crippen molar-refractivity contribution in [1.82, 2.24) is 4.57 Å². The number of anilines is 1. The van der Waals surface area contributed by atoms with Gasteiger partial charge in [0.05, 0.1) is 12.6 Å². The van der Waals surface area contributed by atoms with Crippen molar-refractivity contribution in [2.24, 2.45) is 0 Å². The Hall–Kier alpha value is -3.44. The molecule has 1 aromatic carbocycles. The van der Waals surface area contributed by atoms with E-state index in [1.807, 2.05) is 6.07 Å². The number of benzene rings is 1. The van der Waals surface area contributed by atoms with Crippen molar-refractivity contribution in [2.75, 3.05) is 12.4 Å². The number of aryl methyl sites for hydroxylation is 2. The maximum absolute atomic E-state index is 12.5. The van der Waals surface area contributed by atoms with Crippen molar-refractivity contribution in [2.45, 2.75) is 27.0 Å². The number of rotatable bonds is 6. The number of carboxylic acid groups (broad SMARTS) is 1. The first-order valence-corrected chi connectivity index (χ1v) is 8.02. The molecule has 1 N–H and O–H groups in total. The Kier molecular flexibility index (Phi) is 6.11. The van der Waals surface area contributed by atoms with Crippen LogP contribution in [0.15, 0.2) is 29.1 Å². The molecule has 0 fully saturated rings. The topological polar surface area (TPSA) is 124 Å². The fourth-order valence-electron chi connectivity index (χ4n) is 2.68. The lowest BCUT2D eigenvalue weighted by Gasteiger charge is -2.14. The highest BCUT2D eigenvalue weighted by molar-refractivity contribution is 5.93. The molecule has 2 rings (SSSR count). The minimum Gasteiger partial charge on any atom is -0.545 e. The maximum atomic E-state index is 12.5. The summed E-state index contributed by atoms with van der Waals surface area (Å²) < 4.78 is 6.20. The monoisotopic (exact) mass is 368 g/mol. The number of aromatic nitrogens is 1. The van der Waals surface area contributed by atoms with E-state index in [1.54, 1.807) is 19.9 Å². The number of amides is 1. The van der Waals surface area contributed by atoms with Crippen molar-refractivity contribution in [3.05, 3.63) is 62.6 Å². The Morgan fingerprint density at radius 2 is 2.00 bits per heavy atom. The van der Waals surface area contributed by atoms with Gasteiger partial charge in [-0.05, 0) is 43.2 Å². The predicted octanol–water partition coefficient (Wildman–Crippen LogP) is 0.485. The van der Waals surface area contributed by atoms with Crippen LogP contribution in [0.2, 0.25) is 0 Å². The summed E-state index contributed by atoms with van der Waals surface area (Å²) in [6.45, 7) is 3.14. The number of methoxy groups -OCH3 is 1. The van der Waals surface area contributed by atoms with Gasteiger partial charge in [-0.15, -0.1) is 0 Å². The number of hydrogen-bond acceptors (Lipinski definition) is 6. The number of pyridine rings is 1. The fraction of sp³-hybridized carbons (Fsp3) is 0.263. The van der Waals surface area contributed by atoms with Crippen LogP contribution in [0.4, 0.5) is 5.69 Å². The number of hydrogen-bond donors (Lipinski definition) is 1. The highest BCUT2D eigenvalue weighted by atomic mass is 16.5. The van der Waals surface area contributed by atoms with E-state index in [-0.39, 0.29) is 24.3 Å². The van der Waals surface area contributed by atoms with E-state index in [0.717, 1.165) is 0 Å². The van der Waals surface area contributed by atoms with Crippen molar-refractivity contribution in [3.63, 3.8) is 0 Å². The van der Waals surface area contributed by atoms with Gasteiger partial charge in [0.15, 0.2) is 0 Å².